The molecule has 2 heterocycles. The van der Waals surface area contributed by atoms with Crippen LogP contribution in [0.3, 0.4) is 0 Å². The number of benzene rings is 2. The van der Waals surface area contributed by atoms with E-state index in [9.17, 15) is 9.59 Å². The van der Waals surface area contributed by atoms with Crippen LogP contribution in [0, 0.1) is 30.7 Å². The van der Waals surface area contributed by atoms with E-state index >= 15 is 0 Å². The van der Waals surface area contributed by atoms with Gasteiger partial charge in [0.05, 0.1) is 13.2 Å². The molecule has 1 aliphatic rings. The largest absolute Gasteiger partial charge is 0.467 e. The van der Waals surface area contributed by atoms with Crippen molar-refractivity contribution < 1.29 is 14.3 Å². The van der Waals surface area contributed by atoms with Crippen LogP contribution in [0.4, 0.5) is 0 Å². The van der Waals surface area contributed by atoms with Gasteiger partial charge in [0, 0.05) is 28.6 Å². The second kappa shape index (κ2) is 8.89. The van der Waals surface area contributed by atoms with E-state index in [1.54, 1.807) is 4.90 Å². The topological polar surface area (TPSA) is 62.4 Å². The predicted molar refractivity (Wildman–Crippen MR) is 137 cm³/mol. The molecule has 6 heteroatoms. The standard InChI is InChI=1S/C28H28N2O3Si/c1-7-19-9-11-20(12-10-19)27-26-22(21-16-18(2)8-13-23(21)29-26)17-24(28(32)33-3)30(27)25(31)14-15-34(4,5)6/h1,8-13,16,24,27,29H,17H2,2-6H3/t24-,27+/m1/s1. The van der Waals surface area contributed by atoms with Gasteiger partial charge in [-0.1, -0.05) is 49.3 Å². The van der Waals surface area contributed by atoms with E-state index in [1.807, 2.05) is 43.3 Å². The van der Waals surface area contributed by atoms with E-state index in [1.165, 1.54) is 7.11 Å². The summed E-state index contributed by atoms with van der Waals surface area (Å²) in [6, 6.07) is 12.4. The summed E-state index contributed by atoms with van der Waals surface area (Å²) in [6.45, 7) is 8.28. The minimum absolute atomic E-state index is 0.352. The number of nitrogens with zero attached hydrogens (tertiary/aromatic N) is 1. The highest BCUT2D eigenvalue weighted by Gasteiger charge is 2.43. The lowest BCUT2D eigenvalue weighted by Gasteiger charge is -2.40. The van der Waals surface area contributed by atoms with Gasteiger partial charge in [-0.25, -0.2) is 4.79 Å². The van der Waals surface area contributed by atoms with E-state index in [-0.39, 0.29) is 5.91 Å². The van der Waals surface area contributed by atoms with Crippen LogP contribution in [-0.2, 0) is 20.7 Å². The average Bonchev–Trinajstić information content (AvgIpc) is 3.17. The number of H-pyrrole nitrogens is 1. The molecule has 4 rings (SSSR count). The number of terminal acetylenes is 1. The summed E-state index contributed by atoms with van der Waals surface area (Å²) in [5.41, 5.74) is 8.74. The van der Waals surface area contributed by atoms with Gasteiger partial charge in [0.25, 0.3) is 5.91 Å². The Labute approximate surface area is 201 Å². The average molecular weight is 469 g/mol. The van der Waals surface area contributed by atoms with Crippen LogP contribution in [-0.4, -0.2) is 43.0 Å². The van der Waals surface area contributed by atoms with Crippen molar-refractivity contribution in [2.24, 2.45) is 0 Å². The molecular formula is C28H28N2O3Si. The SMILES string of the molecule is C#Cc1ccc([C@H]2c3[nH]c4ccc(C)cc4c3C[C@H](C(=O)OC)N2C(=O)C#C[Si](C)(C)C)cc1. The van der Waals surface area contributed by atoms with Crippen molar-refractivity contribution in [2.75, 3.05) is 7.11 Å². The Bertz CT molecular complexity index is 1380. The number of amides is 1. The van der Waals surface area contributed by atoms with Crippen molar-refractivity contribution in [3.05, 3.63) is 70.4 Å². The zero-order valence-corrected chi connectivity index (χ0v) is 21.2. The fourth-order valence-electron chi connectivity index (χ4n) is 4.43. The number of carbonyl (C=O) groups is 2. The molecule has 0 radical (unpaired) electrons. The Morgan fingerprint density at radius 3 is 2.47 bits per heavy atom. The maximum Gasteiger partial charge on any atom is 0.328 e. The second-order valence-electron chi connectivity index (χ2n) is 9.69. The summed E-state index contributed by atoms with van der Waals surface area (Å²) in [6.07, 6.45) is 5.91. The quantitative estimate of drug-likeness (QED) is 0.345. The van der Waals surface area contributed by atoms with Gasteiger partial charge in [-0.2, -0.15) is 0 Å². The highest BCUT2D eigenvalue weighted by atomic mass is 28.3. The van der Waals surface area contributed by atoms with Gasteiger partial charge in [-0.15, -0.1) is 12.0 Å². The monoisotopic (exact) mass is 468 g/mol. The number of hydrogen-bond acceptors (Lipinski definition) is 3. The number of ether oxygens (including phenoxy) is 1. The van der Waals surface area contributed by atoms with Crippen molar-refractivity contribution in [3.63, 3.8) is 0 Å². The smallest absolute Gasteiger partial charge is 0.328 e. The molecule has 34 heavy (non-hydrogen) atoms. The number of hydrogen-bond donors (Lipinski definition) is 1. The van der Waals surface area contributed by atoms with Crippen LogP contribution in [0.25, 0.3) is 10.9 Å². The number of aromatic amines is 1. The van der Waals surface area contributed by atoms with Gasteiger partial charge in [0.1, 0.15) is 14.1 Å². The predicted octanol–water partition coefficient (Wildman–Crippen LogP) is 4.35. The molecule has 0 spiro atoms. The first-order valence-corrected chi connectivity index (χ1v) is 14.7. The molecule has 1 aliphatic heterocycles. The van der Waals surface area contributed by atoms with E-state index < -0.39 is 26.1 Å². The van der Waals surface area contributed by atoms with Crippen LogP contribution >= 0.6 is 0 Å². The zero-order valence-electron chi connectivity index (χ0n) is 20.2. The first-order valence-electron chi connectivity index (χ1n) is 11.2. The Kier molecular flexibility index (Phi) is 6.12. The lowest BCUT2D eigenvalue weighted by atomic mass is 9.87. The first-order chi connectivity index (χ1) is 16.1. The lowest BCUT2D eigenvalue weighted by Crippen LogP contribution is -2.51. The fraction of sp³-hybridized carbons (Fsp3) is 0.286. The molecular weight excluding hydrogens is 440 g/mol. The maximum absolute atomic E-state index is 13.6. The summed E-state index contributed by atoms with van der Waals surface area (Å²) in [5, 5.41) is 1.05. The fourth-order valence-corrected chi connectivity index (χ4v) is 4.91. The number of carbonyl (C=O) groups excluding carboxylic acids is 2. The minimum Gasteiger partial charge on any atom is -0.467 e. The molecule has 0 saturated carbocycles. The third kappa shape index (κ3) is 4.38. The highest BCUT2D eigenvalue weighted by Crippen LogP contribution is 2.41. The van der Waals surface area contributed by atoms with Gasteiger partial charge in [-0.05, 0) is 48.2 Å². The van der Waals surface area contributed by atoms with Gasteiger partial charge >= 0.3 is 5.97 Å². The van der Waals surface area contributed by atoms with Crippen molar-refractivity contribution in [2.45, 2.75) is 45.1 Å². The molecule has 2 atom stereocenters. The molecule has 5 nitrogen and oxygen atoms in total. The van der Waals surface area contributed by atoms with Gasteiger partial charge < -0.3 is 14.6 Å². The van der Waals surface area contributed by atoms with Crippen molar-refractivity contribution in [1.82, 2.24) is 9.88 Å². The summed E-state index contributed by atoms with van der Waals surface area (Å²) in [5.74, 6) is 4.63. The second-order valence-corrected chi connectivity index (χ2v) is 14.4. The van der Waals surface area contributed by atoms with Crippen LogP contribution in [0.2, 0.25) is 19.6 Å². The molecule has 0 aliphatic carbocycles. The summed E-state index contributed by atoms with van der Waals surface area (Å²) >= 11 is 0. The molecule has 0 bridgehead atoms. The molecule has 0 fully saturated rings. The third-order valence-corrected chi connectivity index (χ3v) is 6.90. The van der Waals surface area contributed by atoms with Crippen LogP contribution < -0.4 is 0 Å². The van der Waals surface area contributed by atoms with Gasteiger partial charge in [-0.3, -0.25) is 4.79 Å². The number of esters is 1. The molecule has 0 unspecified atom stereocenters. The molecule has 1 aromatic heterocycles. The van der Waals surface area contributed by atoms with Gasteiger partial charge in [0.2, 0.25) is 0 Å². The molecule has 0 saturated heterocycles. The Morgan fingerprint density at radius 1 is 1.15 bits per heavy atom. The van der Waals surface area contributed by atoms with Crippen LogP contribution in [0.15, 0.2) is 42.5 Å². The van der Waals surface area contributed by atoms with Crippen LogP contribution in [0.5, 0.6) is 0 Å². The number of aromatic nitrogens is 1. The Hall–Kier alpha value is -3.74. The molecule has 1 amide bonds. The summed E-state index contributed by atoms with van der Waals surface area (Å²) < 4.78 is 5.15. The molecule has 172 valence electrons. The molecule has 1 N–H and O–H groups in total. The van der Waals surface area contributed by atoms with E-state index in [4.69, 9.17) is 11.2 Å². The van der Waals surface area contributed by atoms with E-state index in [0.29, 0.717) is 6.42 Å². The summed E-state index contributed by atoms with van der Waals surface area (Å²) in [4.78, 5) is 31.7. The van der Waals surface area contributed by atoms with Crippen molar-refractivity contribution >= 4 is 30.9 Å². The van der Waals surface area contributed by atoms with Gasteiger partial charge in [0.15, 0.2) is 0 Å². The number of nitrogens with one attached hydrogen (secondary N) is 1. The normalized spacial score (nSPS) is 17.4. The maximum atomic E-state index is 13.6. The van der Waals surface area contributed by atoms with E-state index in [0.717, 1.165) is 38.9 Å². The highest BCUT2D eigenvalue weighted by molar-refractivity contribution is 6.84. The third-order valence-electron chi connectivity index (χ3n) is 6.02. The number of methoxy groups -OCH3 is 1. The number of aryl methyl sites for hydroxylation is 1. The summed E-state index contributed by atoms with van der Waals surface area (Å²) in [7, 11) is -0.462. The van der Waals surface area contributed by atoms with Crippen molar-refractivity contribution in [1.29, 1.82) is 0 Å². The molecule has 3 aromatic rings. The minimum atomic E-state index is -1.81. The Balaban J connectivity index is 1.97. The Morgan fingerprint density at radius 2 is 1.85 bits per heavy atom. The zero-order chi connectivity index (χ0) is 24.6. The lowest BCUT2D eigenvalue weighted by molar-refractivity contribution is -0.153. The number of fused-ring (bicyclic) bond motifs is 3. The van der Waals surface area contributed by atoms with E-state index in [2.05, 4.69) is 48.1 Å². The number of rotatable bonds is 2. The first kappa shape index (κ1) is 23.4. The van der Waals surface area contributed by atoms with Crippen molar-refractivity contribution in [3.8, 4) is 23.8 Å². The molecule has 2 aromatic carbocycles. The van der Waals surface area contributed by atoms with Crippen LogP contribution in [0.1, 0.15) is 34.0 Å².